The number of sulfonamides is 1. The molecule has 1 aliphatic heterocycles. The molecule has 0 bridgehead atoms. The summed E-state index contributed by atoms with van der Waals surface area (Å²) in [6, 6.07) is 4.85. The molecular formula is C22H26N8O4S. The Labute approximate surface area is 202 Å². The van der Waals surface area contributed by atoms with Gasteiger partial charge in [0.2, 0.25) is 21.9 Å². The second-order valence-corrected chi connectivity index (χ2v) is 10.2. The Morgan fingerprint density at radius 1 is 1.20 bits per heavy atom. The maximum atomic E-state index is 12.0. The number of fused-ring (bicyclic) bond motifs is 4. The van der Waals surface area contributed by atoms with Crippen LogP contribution in [0.5, 0.6) is 0 Å². The monoisotopic (exact) mass is 498 g/mol. The molecule has 0 atom stereocenters. The first-order chi connectivity index (χ1) is 16.7. The van der Waals surface area contributed by atoms with Gasteiger partial charge in [-0.2, -0.15) is 4.98 Å². The smallest absolute Gasteiger partial charge is 0.309 e. The molecule has 13 heteroatoms. The maximum absolute atomic E-state index is 12.0. The molecule has 0 unspecified atom stereocenters. The molecule has 1 spiro atoms. The first-order valence-electron chi connectivity index (χ1n) is 11.4. The minimum atomic E-state index is -3.84. The summed E-state index contributed by atoms with van der Waals surface area (Å²) in [6.45, 7) is 3.94. The van der Waals surface area contributed by atoms with Gasteiger partial charge >= 0.3 is 5.97 Å². The van der Waals surface area contributed by atoms with Crippen LogP contribution in [0.1, 0.15) is 46.0 Å². The standard InChI is InChI=1S/C22H26N8O4S/c1-3-29-18-11-15-12-25-21(26-17-8-7-16(13-24-17)35(23,32)33)27-19(15)30(18)22(9-5-4-6-10-22)20(28-29)34-14(2)31/h7-8,11-13H,3-6,9-10H2,1-2H3,(H2,23,32,33)(H,24,25,26,27). The summed E-state index contributed by atoms with van der Waals surface area (Å²) in [7, 11) is -3.84. The molecule has 35 heavy (non-hydrogen) atoms. The molecule has 3 N–H and O–H groups in total. The summed E-state index contributed by atoms with van der Waals surface area (Å²) in [5.74, 6) is 1.51. The highest BCUT2D eigenvalue weighted by molar-refractivity contribution is 7.89. The van der Waals surface area contributed by atoms with Crippen LogP contribution >= 0.6 is 0 Å². The summed E-state index contributed by atoms with van der Waals surface area (Å²) >= 11 is 0. The highest BCUT2D eigenvalue weighted by atomic mass is 32.2. The molecule has 3 aromatic rings. The normalized spacial score (nSPS) is 17.2. The molecule has 5 rings (SSSR count). The minimum Gasteiger partial charge on any atom is -0.407 e. The van der Waals surface area contributed by atoms with Crippen LogP contribution < -0.4 is 15.5 Å². The van der Waals surface area contributed by atoms with E-state index in [0.29, 0.717) is 29.9 Å². The fraction of sp³-hybridized carbons (Fsp3) is 0.409. The van der Waals surface area contributed by atoms with Gasteiger partial charge in [-0.15, -0.1) is 5.10 Å². The molecule has 0 saturated heterocycles. The van der Waals surface area contributed by atoms with Crippen LogP contribution in [0.25, 0.3) is 11.0 Å². The molecule has 0 radical (unpaired) electrons. The number of nitrogens with two attached hydrogens (primary N) is 1. The predicted molar refractivity (Wildman–Crippen MR) is 130 cm³/mol. The number of carbonyl (C=O) groups is 1. The zero-order valence-electron chi connectivity index (χ0n) is 19.4. The second kappa shape index (κ2) is 8.57. The van der Waals surface area contributed by atoms with E-state index in [1.54, 1.807) is 11.2 Å². The van der Waals surface area contributed by atoms with E-state index in [1.165, 1.54) is 25.3 Å². The van der Waals surface area contributed by atoms with Gasteiger partial charge in [0, 0.05) is 31.2 Å². The highest BCUT2D eigenvalue weighted by Gasteiger charge is 2.47. The van der Waals surface area contributed by atoms with Gasteiger partial charge in [0.05, 0.1) is 0 Å². The van der Waals surface area contributed by atoms with Crippen molar-refractivity contribution in [2.75, 3.05) is 16.9 Å². The first kappa shape index (κ1) is 23.2. The molecule has 0 aromatic carbocycles. The van der Waals surface area contributed by atoms with Crippen LogP contribution in [0.4, 0.5) is 17.6 Å². The number of anilines is 3. The third-order valence-corrected chi connectivity index (χ3v) is 7.25. The van der Waals surface area contributed by atoms with E-state index in [-0.39, 0.29) is 4.90 Å². The van der Waals surface area contributed by atoms with E-state index in [4.69, 9.17) is 20.0 Å². The van der Waals surface area contributed by atoms with Crippen LogP contribution in [0, 0.1) is 0 Å². The Balaban J connectivity index is 1.60. The predicted octanol–water partition coefficient (Wildman–Crippen LogP) is 2.59. The number of esters is 1. The third-order valence-electron chi connectivity index (χ3n) is 6.35. The molecule has 184 valence electrons. The number of carbonyl (C=O) groups excluding carboxylic acids is 1. The Kier molecular flexibility index (Phi) is 5.68. The second-order valence-electron chi connectivity index (χ2n) is 8.67. The molecule has 2 aliphatic rings. The van der Waals surface area contributed by atoms with E-state index in [9.17, 15) is 13.2 Å². The summed E-state index contributed by atoms with van der Waals surface area (Å²) in [4.78, 5) is 25.2. The van der Waals surface area contributed by atoms with E-state index >= 15 is 0 Å². The van der Waals surface area contributed by atoms with Crippen molar-refractivity contribution in [2.45, 2.75) is 56.4 Å². The number of aromatic nitrogens is 4. The van der Waals surface area contributed by atoms with Gasteiger partial charge in [0.15, 0.2) is 0 Å². The van der Waals surface area contributed by atoms with Gasteiger partial charge in [-0.05, 0) is 38.0 Å². The number of nitrogens with zero attached hydrogens (tertiary/aromatic N) is 6. The van der Waals surface area contributed by atoms with E-state index in [0.717, 1.165) is 43.3 Å². The SMILES string of the molecule is CCN1N=C(OC(C)=O)C2(CCCCC2)n2c1cc1cnc(Nc3ccc(S(N)(=O)=O)cn3)nc12. The molecule has 1 saturated carbocycles. The summed E-state index contributed by atoms with van der Waals surface area (Å²) in [5.41, 5.74) is 0.0618. The van der Waals surface area contributed by atoms with Gasteiger partial charge in [0.1, 0.15) is 27.7 Å². The van der Waals surface area contributed by atoms with Crippen LogP contribution in [0.15, 0.2) is 40.6 Å². The van der Waals surface area contributed by atoms with Crippen LogP contribution in [-0.2, 0) is 25.1 Å². The number of hydrazone groups is 1. The lowest BCUT2D eigenvalue weighted by atomic mass is 9.80. The zero-order valence-corrected chi connectivity index (χ0v) is 20.2. The molecular weight excluding hydrogens is 472 g/mol. The fourth-order valence-corrected chi connectivity index (χ4v) is 5.25. The van der Waals surface area contributed by atoms with Crippen molar-refractivity contribution in [1.82, 2.24) is 19.5 Å². The molecule has 0 amide bonds. The quantitative estimate of drug-likeness (QED) is 0.516. The number of nitrogens with one attached hydrogen (secondary N) is 1. The number of pyridine rings is 1. The Bertz CT molecular complexity index is 1430. The molecule has 1 fully saturated rings. The lowest BCUT2D eigenvalue weighted by molar-refractivity contribution is -0.133. The lowest BCUT2D eigenvalue weighted by Crippen LogP contribution is -2.50. The first-order valence-corrected chi connectivity index (χ1v) is 13.0. The number of hydrogen-bond donors (Lipinski definition) is 2. The number of primary sulfonamides is 1. The summed E-state index contributed by atoms with van der Waals surface area (Å²) < 4.78 is 30.8. The largest absolute Gasteiger partial charge is 0.407 e. The van der Waals surface area contributed by atoms with Crippen molar-refractivity contribution in [1.29, 1.82) is 0 Å². The topological polar surface area (TPSA) is 158 Å². The molecule has 3 aromatic heterocycles. The van der Waals surface area contributed by atoms with Gasteiger partial charge in [-0.25, -0.2) is 28.5 Å². The van der Waals surface area contributed by atoms with Crippen molar-refractivity contribution < 1.29 is 17.9 Å². The van der Waals surface area contributed by atoms with E-state index in [2.05, 4.69) is 19.9 Å². The van der Waals surface area contributed by atoms with E-state index < -0.39 is 21.5 Å². The van der Waals surface area contributed by atoms with Gasteiger partial charge < -0.3 is 10.1 Å². The molecule has 4 heterocycles. The van der Waals surface area contributed by atoms with Crippen molar-refractivity contribution in [2.24, 2.45) is 10.2 Å². The van der Waals surface area contributed by atoms with Crippen molar-refractivity contribution in [3.05, 3.63) is 30.6 Å². The van der Waals surface area contributed by atoms with Crippen molar-refractivity contribution >= 4 is 50.5 Å². The van der Waals surface area contributed by atoms with Crippen molar-refractivity contribution in [3.8, 4) is 0 Å². The maximum Gasteiger partial charge on any atom is 0.309 e. The minimum absolute atomic E-state index is 0.0868. The Hall–Kier alpha value is -3.58. The summed E-state index contributed by atoms with van der Waals surface area (Å²) in [6.07, 6.45) is 7.48. The number of hydrogen-bond acceptors (Lipinski definition) is 10. The van der Waals surface area contributed by atoms with Crippen LogP contribution in [-0.4, -0.2) is 46.3 Å². The number of rotatable bonds is 4. The average Bonchev–Trinajstić information content (AvgIpc) is 3.21. The Morgan fingerprint density at radius 3 is 2.60 bits per heavy atom. The van der Waals surface area contributed by atoms with Gasteiger partial charge in [0.25, 0.3) is 0 Å². The Morgan fingerprint density at radius 2 is 1.97 bits per heavy atom. The molecule has 1 aliphatic carbocycles. The zero-order chi connectivity index (χ0) is 24.8. The van der Waals surface area contributed by atoms with Gasteiger partial charge in [-0.1, -0.05) is 19.3 Å². The molecule has 12 nitrogen and oxygen atoms in total. The number of ether oxygens (including phenoxy) is 1. The average molecular weight is 499 g/mol. The fourth-order valence-electron chi connectivity index (χ4n) is 4.79. The van der Waals surface area contributed by atoms with E-state index in [1.807, 2.05) is 13.0 Å². The van der Waals surface area contributed by atoms with Crippen LogP contribution in [0.2, 0.25) is 0 Å². The van der Waals surface area contributed by atoms with Gasteiger partial charge in [-0.3, -0.25) is 9.36 Å². The lowest BCUT2D eigenvalue weighted by Gasteiger charge is -2.43. The third kappa shape index (κ3) is 4.10. The summed E-state index contributed by atoms with van der Waals surface area (Å²) in [5, 5.41) is 15.5. The highest BCUT2D eigenvalue weighted by Crippen LogP contribution is 2.45. The van der Waals surface area contributed by atoms with Crippen molar-refractivity contribution in [3.63, 3.8) is 0 Å². The van der Waals surface area contributed by atoms with Crippen LogP contribution in [0.3, 0.4) is 0 Å².